The van der Waals surface area contributed by atoms with Crippen molar-refractivity contribution in [2.24, 2.45) is 5.73 Å². The van der Waals surface area contributed by atoms with Crippen LogP contribution in [0.3, 0.4) is 0 Å². The number of nitrogens with two attached hydrogens (primary N) is 1. The minimum absolute atomic E-state index is 0.0452. The summed E-state index contributed by atoms with van der Waals surface area (Å²) in [4.78, 5) is 23.6. The van der Waals surface area contributed by atoms with Gasteiger partial charge in [-0.2, -0.15) is 18.2 Å². The highest BCUT2D eigenvalue weighted by atomic mass is 19.4. The van der Waals surface area contributed by atoms with Crippen LogP contribution >= 0.6 is 0 Å². The number of urea groups is 1. The number of nitrogens with zero attached hydrogens (tertiary/aromatic N) is 1. The summed E-state index contributed by atoms with van der Waals surface area (Å²) in [5.41, 5.74) is 4.85. The fraction of sp³-hybridized carbons (Fsp3) is 0.273. The molecular formula is C22H22F3N3O3. The predicted octanol–water partition coefficient (Wildman–Crippen LogP) is 3.93. The normalized spacial score (nSPS) is 11.8. The van der Waals surface area contributed by atoms with Gasteiger partial charge in [0.05, 0.1) is 5.56 Å². The Balaban J connectivity index is 2.14. The van der Waals surface area contributed by atoms with Crippen molar-refractivity contribution in [3.05, 3.63) is 70.8 Å². The van der Waals surface area contributed by atoms with Crippen molar-refractivity contribution < 1.29 is 28.0 Å². The average Bonchev–Trinajstić information content (AvgIpc) is 2.74. The molecule has 9 heteroatoms. The number of carbonyl (C=O) groups excluding carboxylic acids is 2. The summed E-state index contributed by atoms with van der Waals surface area (Å²) in [5, 5.41) is 12.5. The molecule has 0 saturated carbocycles. The van der Waals surface area contributed by atoms with Crippen LogP contribution in [0, 0.1) is 11.8 Å². The number of rotatable bonds is 6. The predicted molar refractivity (Wildman–Crippen MR) is 108 cm³/mol. The molecule has 0 saturated heterocycles. The van der Waals surface area contributed by atoms with Gasteiger partial charge < -0.3 is 11.1 Å². The Bertz CT molecular complexity index is 996. The molecule has 0 fully saturated rings. The van der Waals surface area contributed by atoms with E-state index in [0.717, 1.165) is 6.07 Å². The standard InChI is InChI=1S/C22H22F3N3O3/c1-2-6-18(28(31)21(26)30)12-11-15-7-5-9-16(13-15)20(29)27-14-17-8-3-4-10-19(17)22(23,24)25/h3-5,7-10,13,18,31H,2,6,14H2,1H3,(H2,26,30)(H,27,29). The van der Waals surface area contributed by atoms with E-state index in [0.29, 0.717) is 23.5 Å². The van der Waals surface area contributed by atoms with Crippen molar-refractivity contribution in [3.63, 3.8) is 0 Å². The number of carbonyl (C=O) groups is 2. The molecule has 0 aliphatic carbocycles. The molecule has 1 atom stereocenters. The van der Waals surface area contributed by atoms with Crippen LogP contribution in [0.25, 0.3) is 0 Å². The van der Waals surface area contributed by atoms with Crippen molar-refractivity contribution >= 4 is 11.9 Å². The highest BCUT2D eigenvalue weighted by molar-refractivity contribution is 5.94. The van der Waals surface area contributed by atoms with E-state index in [9.17, 15) is 28.0 Å². The van der Waals surface area contributed by atoms with Crippen molar-refractivity contribution in [2.75, 3.05) is 0 Å². The first-order chi connectivity index (χ1) is 14.6. The fourth-order valence-corrected chi connectivity index (χ4v) is 2.82. The molecule has 6 nitrogen and oxygen atoms in total. The number of halogens is 3. The third kappa shape index (κ3) is 6.76. The summed E-state index contributed by atoms with van der Waals surface area (Å²) < 4.78 is 39.2. The Morgan fingerprint density at radius 3 is 2.55 bits per heavy atom. The number of benzene rings is 2. The van der Waals surface area contributed by atoms with Gasteiger partial charge in [-0.05, 0) is 36.2 Å². The lowest BCUT2D eigenvalue weighted by molar-refractivity contribution is -0.138. The second-order valence-electron chi connectivity index (χ2n) is 6.68. The molecule has 3 amide bonds. The van der Waals surface area contributed by atoms with Gasteiger partial charge in [0.1, 0.15) is 6.04 Å². The Morgan fingerprint density at radius 1 is 1.19 bits per heavy atom. The van der Waals surface area contributed by atoms with Crippen LogP contribution in [0.1, 0.15) is 46.8 Å². The minimum atomic E-state index is -4.52. The molecule has 164 valence electrons. The summed E-state index contributed by atoms with van der Waals surface area (Å²) in [6.45, 7) is 1.56. The maximum Gasteiger partial charge on any atom is 0.416 e. The van der Waals surface area contributed by atoms with E-state index in [2.05, 4.69) is 17.2 Å². The maximum atomic E-state index is 13.1. The number of nitrogens with one attached hydrogen (secondary N) is 1. The summed E-state index contributed by atoms with van der Waals surface area (Å²) in [6.07, 6.45) is -3.48. The van der Waals surface area contributed by atoms with E-state index in [1.165, 1.54) is 30.3 Å². The molecule has 2 aromatic carbocycles. The zero-order valence-electron chi connectivity index (χ0n) is 16.7. The summed E-state index contributed by atoms with van der Waals surface area (Å²) in [5.74, 6) is 4.95. The first kappa shape index (κ1) is 23.8. The third-order valence-electron chi connectivity index (χ3n) is 4.35. The number of amides is 3. The quantitative estimate of drug-likeness (QED) is 0.366. The molecule has 0 aromatic heterocycles. The Labute approximate surface area is 177 Å². The molecule has 0 aliphatic heterocycles. The van der Waals surface area contributed by atoms with Crippen LogP contribution in [-0.2, 0) is 12.7 Å². The van der Waals surface area contributed by atoms with E-state index in [1.807, 2.05) is 6.92 Å². The molecule has 0 spiro atoms. The second kappa shape index (κ2) is 10.5. The van der Waals surface area contributed by atoms with E-state index < -0.39 is 29.7 Å². The Kier molecular flexibility index (Phi) is 8.05. The first-order valence-electron chi connectivity index (χ1n) is 9.46. The van der Waals surface area contributed by atoms with Crippen molar-refractivity contribution in [2.45, 2.75) is 38.5 Å². The Morgan fingerprint density at radius 2 is 1.90 bits per heavy atom. The van der Waals surface area contributed by atoms with Crippen LogP contribution in [-0.4, -0.2) is 28.3 Å². The monoisotopic (exact) mass is 433 g/mol. The van der Waals surface area contributed by atoms with Gasteiger partial charge in [-0.25, -0.2) is 4.79 Å². The Hall–Kier alpha value is -3.51. The fourth-order valence-electron chi connectivity index (χ4n) is 2.82. The van der Waals surface area contributed by atoms with E-state index >= 15 is 0 Å². The smallest absolute Gasteiger partial charge is 0.350 e. The first-order valence-corrected chi connectivity index (χ1v) is 9.46. The molecule has 0 bridgehead atoms. The van der Waals surface area contributed by atoms with Gasteiger partial charge in [0, 0.05) is 17.7 Å². The van der Waals surface area contributed by atoms with Gasteiger partial charge in [-0.3, -0.25) is 10.0 Å². The third-order valence-corrected chi connectivity index (χ3v) is 4.35. The van der Waals surface area contributed by atoms with E-state index in [-0.39, 0.29) is 17.7 Å². The topological polar surface area (TPSA) is 95.7 Å². The SMILES string of the molecule is CCCC(C#Cc1cccc(C(=O)NCc2ccccc2C(F)(F)F)c1)N(O)C(N)=O. The minimum Gasteiger partial charge on any atom is -0.350 e. The lowest BCUT2D eigenvalue weighted by Crippen LogP contribution is -2.40. The molecule has 0 heterocycles. The van der Waals surface area contributed by atoms with Crippen molar-refractivity contribution in [3.8, 4) is 11.8 Å². The number of hydrogen-bond donors (Lipinski definition) is 3. The van der Waals surface area contributed by atoms with Crippen LogP contribution in [0.2, 0.25) is 0 Å². The molecule has 2 aromatic rings. The molecule has 0 aliphatic rings. The molecule has 4 N–H and O–H groups in total. The van der Waals surface area contributed by atoms with Gasteiger partial charge >= 0.3 is 12.2 Å². The van der Waals surface area contributed by atoms with Gasteiger partial charge in [0.25, 0.3) is 5.91 Å². The zero-order chi connectivity index (χ0) is 23.0. The number of alkyl halides is 3. The molecule has 2 rings (SSSR count). The van der Waals surface area contributed by atoms with E-state index in [1.54, 1.807) is 12.1 Å². The van der Waals surface area contributed by atoms with Gasteiger partial charge in [0.15, 0.2) is 0 Å². The molecular weight excluding hydrogens is 411 g/mol. The molecule has 1 unspecified atom stereocenters. The number of hydroxylamine groups is 2. The van der Waals surface area contributed by atoms with Gasteiger partial charge in [-0.15, -0.1) is 0 Å². The van der Waals surface area contributed by atoms with Crippen LogP contribution in [0.15, 0.2) is 48.5 Å². The highest BCUT2D eigenvalue weighted by Gasteiger charge is 2.32. The largest absolute Gasteiger partial charge is 0.416 e. The van der Waals surface area contributed by atoms with Crippen molar-refractivity contribution in [1.29, 1.82) is 0 Å². The lowest BCUT2D eigenvalue weighted by Gasteiger charge is -2.18. The summed E-state index contributed by atoms with van der Waals surface area (Å²) >= 11 is 0. The highest BCUT2D eigenvalue weighted by Crippen LogP contribution is 2.31. The van der Waals surface area contributed by atoms with Gasteiger partial charge in [0.2, 0.25) is 0 Å². The van der Waals surface area contributed by atoms with E-state index in [4.69, 9.17) is 5.73 Å². The summed E-state index contributed by atoms with van der Waals surface area (Å²) in [7, 11) is 0. The van der Waals surface area contributed by atoms with Crippen LogP contribution in [0.5, 0.6) is 0 Å². The summed E-state index contributed by atoms with van der Waals surface area (Å²) in [6, 6.07) is 9.34. The number of primary amides is 1. The van der Waals surface area contributed by atoms with Crippen LogP contribution in [0.4, 0.5) is 18.0 Å². The van der Waals surface area contributed by atoms with Crippen LogP contribution < -0.4 is 11.1 Å². The van der Waals surface area contributed by atoms with Gasteiger partial charge in [-0.1, -0.05) is 49.5 Å². The number of hydrogen-bond acceptors (Lipinski definition) is 3. The molecule has 31 heavy (non-hydrogen) atoms. The zero-order valence-corrected chi connectivity index (χ0v) is 16.7. The maximum absolute atomic E-state index is 13.1. The van der Waals surface area contributed by atoms with Crippen molar-refractivity contribution in [1.82, 2.24) is 10.4 Å². The lowest BCUT2D eigenvalue weighted by atomic mass is 10.1. The molecule has 0 radical (unpaired) electrons. The second-order valence-corrected chi connectivity index (χ2v) is 6.68. The average molecular weight is 433 g/mol.